The molecule has 0 aromatic heterocycles. The van der Waals surface area contributed by atoms with Crippen LogP contribution in [0.4, 0.5) is 0 Å². The highest BCUT2D eigenvalue weighted by molar-refractivity contribution is 7.48. The van der Waals surface area contributed by atoms with Crippen LogP contribution in [0.15, 0.2) is 0 Å². The standard InChI is InChI=1S/C18H33O22P/c19-1-16(10(28)4(22)7(25)13(31)35-16)38-41(34,39-17(2-20)11(29)5(23)8(26)14(32)36-17)40-18(3-21)12(30)6(24)9(27)15(33)37-18/h4-15,19-33H,1-3H2/t4-,5-,6-,7+,8+,9+,10-,11-,12-,13-,14-,15-,16+,17+,18+/m0/s1. The Balaban J connectivity index is 2.15. The number of rotatable bonds is 9. The van der Waals surface area contributed by atoms with Crippen LogP contribution in [0, 0.1) is 0 Å². The topological polar surface area (TPSA) is 376 Å². The molecular formula is C18H33O22P. The van der Waals surface area contributed by atoms with E-state index in [4.69, 9.17) is 27.8 Å². The quantitative estimate of drug-likeness (QED) is 0.105. The van der Waals surface area contributed by atoms with Crippen molar-refractivity contribution in [1.29, 1.82) is 0 Å². The summed E-state index contributed by atoms with van der Waals surface area (Å²) in [5, 5.41) is 151. The van der Waals surface area contributed by atoms with Crippen molar-refractivity contribution in [2.75, 3.05) is 19.8 Å². The maximum absolute atomic E-state index is 14.2. The Kier molecular flexibility index (Phi) is 10.6. The number of phosphoric acid groups is 1. The first-order chi connectivity index (χ1) is 18.9. The second kappa shape index (κ2) is 12.4. The van der Waals surface area contributed by atoms with Crippen LogP contribution in [0.5, 0.6) is 0 Å². The molecule has 23 heteroatoms. The van der Waals surface area contributed by atoms with E-state index < -0.39 is 119 Å². The Bertz CT molecular complexity index is 830. The van der Waals surface area contributed by atoms with Gasteiger partial charge in [0.25, 0.3) is 0 Å². The zero-order chi connectivity index (χ0) is 31.3. The summed E-state index contributed by atoms with van der Waals surface area (Å²) in [5.74, 6) is -10.1. The van der Waals surface area contributed by atoms with Crippen LogP contribution >= 0.6 is 7.82 Å². The van der Waals surface area contributed by atoms with E-state index in [1.165, 1.54) is 0 Å². The van der Waals surface area contributed by atoms with Gasteiger partial charge in [0.15, 0.2) is 18.9 Å². The molecule has 0 amide bonds. The minimum atomic E-state index is -6.25. The minimum Gasteiger partial charge on any atom is -0.391 e. The third-order valence-electron chi connectivity index (χ3n) is 6.67. The number of hydrogen-bond donors (Lipinski definition) is 15. The summed E-state index contributed by atoms with van der Waals surface area (Å²) in [6.07, 6.45) is -29.7. The Morgan fingerprint density at radius 1 is 0.463 bits per heavy atom. The summed E-state index contributed by atoms with van der Waals surface area (Å²) in [6, 6.07) is 0. The predicted octanol–water partition coefficient (Wildman–Crippen LogP) is -9.50. The van der Waals surface area contributed by atoms with Gasteiger partial charge in [-0.25, -0.2) is 18.1 Å². The van der Waals surface area contributed by atoms with Crippen molar-refractivity contribution in [2.45, 2.75) is 91.2 Å². The summed E-state index contributed by atoms with van der Waals surface area (Å²) in [6.45, 7) is -5.11. The lowest BCUT2D eigenvalue weighted by molar-refractivity contribution is -0.412. The van der Waals surface area contributed by atoms with Crippen LogP contribution in [-0.4, -0.2) is 188 Å². The average Bonchev–Trinajstić information content (AvgIpc) is 2.93. The Hall–Kier alpha value is -0.610. The van der Waals surface area contributed by atoms with E-state index in [2.05, 4.69) is 0 Å². The molecule has 3 heterocycles. The number of aliphatic hydroxyl groups excluding tert-OH is 15. The van der Waals surface area contributed by atoms with Crippen LogP contribution in [0.1, 0.15) is 0 Å². The van der Waals surface area contributed by atoms with Gasteiger partial charge in [-0.3, -0.25) is 0 Å². The van der Waals surface area contributed by atoms with Gasteiger partial charge in [0.1, 0.15) is 74.8 Å². The molecule has 0 unspecified atom stereocenters. The van der Waals surface area contributed by atoms with Gasteiger partial charge in [0.2, 0.25) is 17.4 Å². The third kappa shape index (κ3) is 6.05. The van der Waals surface area contributed by atoms with Gasteiger partial charge in [0, 0.05) is 0 Å². The molecule has 0 bridgehead atoms. The summed E-state index contributed by atoms with van der Waals surface area (Å²) < 4.78 is 43.4. The van der Waals surface area contributed by atoms with Gasteiger partial charge in [-0.2, -0.15) is 0 Å². The Morgan fingerprint density at radius 3 is 0.878 bits per heavy atom. The summed E-state index contributed by atoms with van der Waals surface area (Å²) in [7, 11) is -6.25. The summed E-state index contributed by atoms with van der Waals surface area (Å²) in [5.41, 5.74) is 0. The zero-order valence-corrected chi connectivity index (χ0v) is 21.5. The fourth-order valence-electron chi connectivity index (χ4n) is 4.21. The van der Waals surface area contributed by atoms with Gasteiger partial charge in [-0.05, 0) is 0 Å². The van der Waals surface area contributed by atoms with Crippen LogP contribution in [-0.2, 0) is 32.3 Å². The Labute approximate surface area is 228 Å². The summed E-state index contributed by atoms with van der Waals surface area (Å²) >= 11 is 0. The first-order valence-corrected chi connectivity index (χ1v) is 13.1. The molecule has 3 aliphatic rings. The van der Waals surface area contributed by atoms with E-state index in [9.17, 15) is 81.2 Å². The van der Waals surface area contributed by atoms with E-state index in [1.807, 2.05) is 0 Å². The normalized spacial score (nSPS) is 51.5. The van der Waals surface area contributed by atoms with E-state index in [-0.39, 0.29) is 0 Å². The SMILES string of the molecule is O=P(O[C@@]1(CO)O[C@H](O)[C@H](O)[C@H](O)[C@@H]1O)(O[C@@]1(CO)O[C@H](O)[C@H](O)[C@H](O)[C@@H]1O)O[C@@]1(CO)O[C@H](O)[C@H](O)[C@H](O)[C@@H]1O. The minimum absolute atomic E-state index is 1.70. The fraction of sp³-hybridized carbons (Fsp3) is 1.00. The molecule has 41 heavy (non-hydrogen) atoms. The fourth-order valence-corrected chi connectivity index (χ4v) is 6.08. The van der Waals surface area contributed by atoms with E-state index in [0.717, 1.165) is 0 Å². The molecule has 0 aliphatic carbocycles. The number of phosphoric ester groups is 1. The number of ether oxygens (including phenoxy) is 3. The van der Waals surface area contributed by atoms with Crippen molar-refractivity contribution in [2.24, 2.45) is 0 Å². The van der Waals surface area contributed by atoms with E-state index in [0.29, 0.717) is 0 Å². The first kappa shape index (κ1) is 34.9. The molecule has 3 fully saturated rings. The zero-order valence-electron chi connectivity index (χ0n) is 20.6. The van der Waals surface area contributed by atoms with Gasteiger partial charge >= 0.3 is 7.82 Å². The second-order valence-electron chi connectivity index (χ2n) is 9.43. The molecule has 242 valence electrons. The van der Waals surface area contributed by atoms with Crippen LogP contribution in [0.3, 0.4) is 0 Å². The predicted molar refractivity (Wildman–Crippen MR) is 116 cm³/mol. The van der Waals surface area contributed by atoms with Gasteiger partial charge in [-0.15, -0.1) is 0 Å². The molecule has 0 spiro atoms. The maximum atomic E-state index is 14.2. The van der Waals surface area contributed by atoms with Crippen LogP contribution < -0.4 is 0 Å². The molecular weight excluding hydrogens is 599 g/mol. The van der Waals surface area contributed by atoms with Gasteiger partial charge in [0.05, 0.1) is 0 Å². The third-order valence-corrected chi connectivity index (χ3v) is 8.27. The highest BCUT2D eigenvalue weighted by Crippen LogP contribution is 2.61. The van der Waals surface area contributed by atoms with E-state index in [1.54, 1.807) is 0 Å². The van der Waals surface area contributed by atoms with Crippen molar-refractivity contribution in [3.05, 3.63) is 0 Å². The first-order valence-electron chi connectivity index (χ1n) is 11.6. The molecule has 22 nitrogen and oxygen atoms in total. The smallest absolute Gasteiger partial charge is 0.391 e. The van der Waals surface area contributed by atoms with E-state index >= 15 is 0 Å². The number of hydrogen-bond acceptors (Lipinski definition) is 22. The van der Waals surface area contributed by atoms with Gasteiger partial charge < -0.3 is 90.8 Å². The van der Waals surface area contributed by atoms with Crippen molar-refractivity contribution >= 4 is 7.82 Å². The Morgan fingerprint density at radius 2 is 0.683 bits per heavy atom. The monoisotopic (exact) mass is 632 g/mol. The van der Waals surface area contributed by atoms with Crippen molar-refractivity contribution in [3.63, 3.8) is 0 Å². The molecule has 0 saturated carbocycles. The highest BCUT2D eigenvalue weighted by Gasteiger charge is 2.66. The van der Waals surface area contributed by atoms with Crippen molar-refractivity contribution in [1.82, 2.24) is 0 Å². The molecule has 15 N–H and O–H groups in total. The van der Waals surface area contributed by atoms with Crippen LogP contribution in [0.2, 0.25) is 0 Å². The average molecular weight is 632 g/mol. The van der Waals surface area contributed by atoms with Gasteiger partial charge in [-0.1, -0.05) is 0 Å². The summed E-state index contributed by atoms with van der Waals surface area (Å²) in [4.78, 5) is 0. The molecule has 15 atom stereocenters. The highest BCUT2D eigenvalue weighted by atomic mass is 31.2. The number of aliphatic hydroxyl groups is 15. The molecule has 0 aromatic rings. The molecule has 0 radical (unpaired) electrons. The lowest BCUT2D eigenvalue weighted by Crippen LogP contribution is -2.69. The molecule has 0 aromatic carbocycles. The lowest BCUT2D eigenvalue weighted by Gasteiger charge is -2.51. The second-order valence-corrected chi connectivity index (χ2v) is 10.9. The lowest BCUT2D eigenvalue weighted by atomic mass is 9.96. The molecule has 3 aliphatic heterocycles. The molecule has 3 saturated heterocycles. The van der Waals surface area contributed by atoms with Crippen LogP contribution in [0.25, 0.3) is 0 Å². The maximum Gasteiger partial charge on any atom is 0.483 e. The molecule has 3 rings (SSSR count). The largest absolute Gasteiger partial charge is 0.483 e. The van der Waals surface area contributed by atoms with Crippen molar-refractivity contribution in [3.8, 4) is 0 Å². The van der Waals surface area contributed by atoms with Crippen molar-refractivity contribution < 1.29 is 109 Å².